The zero-order valence-electron chi connectivity index (χ0n) is 16.2. The Morgan fingerprint density at radius 1 is 1.08 bits per heavy atom. The second-order valence-electron chi connectivity index (χ2n) is 5.96. The van der Waals surface area contributed by atoms with Crippen LogP contribution in [-0.2, 0) is 6.61 Å². The van der Waals surface area contributed by atoms with Crippen LogP contribution in [0.1, 0.15) is 30.5 Å². The maximum Gasteiger partial charge on any atom is 0.285 e. The Hall–Kier alpha value is -2.14. The molecule has 0 heterocycles. The number of anilines is 1. The zero-order valence-corrected chi connectivity index (χ0v) is 17.0. The first-order valence-corrected chi connectivity index (χ1v) is 10.0. The number of hydrogen-bond donors (Lipinski definition) is 0. The van der Waals surface area contributed by atoms with Crippen LogP contribution in [0.25, 0.3) is 0 Å². The Balaban J connectivity index is 2.38. The van der Waals surface area contributed by atoms with Crippen LogP contribution in [0.4, 0.5) is 10.5 Å². The molecule has 0 aliphatic carbocycles. The number of rotatable bonds is 7. The molecule has 2 rings (SSSR count). The first-order chi connectivity index (χ1) is 12.5. The van der Waals surface area contributed by atoms with E-state index in [0.717, 1.165) is 28.3 Å². The van der Waals surface area contributed by atoms with Gasteiger partial charge in [-0.05, 0) is 57.7 Å². The van der Waals surface area contributed by atoms with Crippen molar-refractivity contribution in [3.63, 3.8) is 0 Å². The normalized spacial score (nSPS) is 10.5. The lowest BCUT2D eigenvalue weighted by Gasteiger charge is -2.24. The van der Waals surface area contributed by atoms with Crippen molar-refractivity contribution in [2.45, 2.75) is 34.3 Å². The highest BCUT2D eigenvalue weighted by molar-refractivity contribution is 8.13. The molecule has 2 aromatic carbocycles. The van der Waals surface area contributed by atoms with Gasteiger partial charge >= 0.3 is 0 Å². The molecule has 0 aliphatic heterocycles. The Labute approximate surface area is 160 Å². The fraction of sp³-hybridized carbons (Fsp3) is 0.381. The molecule has 0 saturated carbocycles. The predicted molar refractivity (Wildman–Crippen MR) is 110 cm³/mol. The van der Waals surface area contributed by atoms with E-state index in [-0.39, 0.29) is 5.24 Å². The van der Waals surface area contributed by atoms with E-state index in [1.165, 1.54) is 17.3 Å². The van der Waals surface area contributed by atoms with E-state index in [1.807, 2.05) is 51.1 Å². The number of amides is 1. The molecule has 0 atom stereocenters. The second-order valence-corrected chi connectivity index (χ2v) is 6.72. The molecular formula is C21H27NO3S. The van der Waals surface area contributed by atoms with E-state index in [1.54, 1.807) is 11.2 Å². The molecule has 4 nitrogen and oxygen atoms in total. The quantitative estimate of drug-likeness (QED) is 0.634. The molecule has 0 unspecified atom stereocenters. The van der Waals surface area contributed by atoms with Gasteiger partial charge in [0.2, 0.25) is 0 Å². The summed E-state index contributed by atoms with van der Waals surface area (Å²) in [7, 11) is 0. The molecule has 0 aliphatic rings. The second kappa shape index (κ2) is 9.53. The van der Waals surface area contributed by atoms with Crippen LogP contribution < -0.4 is 14.4 Å². The smallest absolute Gasteiger partial charge is 0.285 e. The third kappa shape index (κ3) is 4.73. The van der Waals surface area contributed by atoms with Gasteiger partial charge in [0.15, 0.2) is 0 Å². The molecule has 1 amide bonds. The van der Waals surface area contributed by atoms with Gasteiger partial charge in [-0.2, -0.15) is 0 Å². The van der Waals surface area contributed by atoms with Gasteiger partial charge in [0, 0.05) is 6.54 Å². The molecule has 5 heteroatoms. The van der Waals surface area contributed by atoms with Crippen LogP contribution >= 0.6 is 11.8 Å². The van der Waals surface area contributed by atoms with Gasteiger partial charge in [-0.15, -0.1) is 0 Å². The Bertz CT molecular complexity index is 761. The van der Waals surface area contributed by atoms with Crippen LogP contribution in [0.5, 0.6) is 11.5 Å². The molecule has 26 heavy (non-hydrogen) atoms. The SMILES string of the molecule is CCOc1cccc(N(CC)C(=O)SC)c1COc1ccc(C)cc1C. The maximum absolute atomic E-state index is 12.3. The number of aryl methyl sites for hydroxylation is 2. The van der Waals surface area contributed by atoms with Crippen LogP contribution in [0, 0.1) is 13.8 Å². The van der Waals surface area contributed by atoms with Crippen LogP contribution in [0.2, 0.25) is 0 Å². The van der Waals surface area contributed by atoms with Crippen LogP contribution in [-0.4, -0.2) is 24.6 Å². The van der Waals surface area contributed by atoms with Gasteiger partial charge in [-0.3, -0.25) is 4.79 Å². The Kier molecular flexibility index (Phi) is 7.39. The van der Waals surface area contributed by atoms with Gasteiger partial charge < -0.3 is 14.4 Å². The highest BCUT2D eigenvalue weighted by atomic mass is 32.2. The fourth-order valence-electron chi connectivity index (χ4n) is 2.86. The zero-order chi connectivity index (χ0) is 19.1. The third-order valence-electron chi connectivity index (χ3n) is 4.11. The molecule has 0 N–H and O–H groups in total. The van der Waals surface area contributed by atoms with Crippen molar-refractivity contribution in [1.82, 2.24) is 0 Å². The third-order valence-corrected chi connectivity index (χ3v) is 4.68. The monoisotopic (exact) mass is 373 g/mol. The van der Waals surface area contributed by atoms with Gasteiger partial charge in [0.1, 0.15) is 18.1 Å². The lowest BCUT2D eigenvalue weighted by atomic mass is 10.1. The molecule has 0 fully saturated rings. The average Bonchev–Trinajstić information content (AvgIpc) is 2.63. The van der Waals surface area contributed by atoms with Gasteiger partial charge in [0.05, 0.1) is 17.9 Å². The molecule has 140 valence electrons. The first-order valence-electron chi connectivity index (χ1n) is 8.82. The van der Waals surface area contributed by atoms with E-state index in [4.69, 9.17) is 9.47 Å². The predicted octanol–water partition coefficient (Wildman–Crippen LogP) is 5.59. The average molecular weight is 374 g/mol. The molecule has 0 saturated heterocycles. The molecule has 0 spiro atoms. The van der Waals surface area contributed by atoms with Gasteiger partial charge in [-0.1, -0.05) is 35.5 Å². The number of nitrogens with zero attached hydrogens (tertiary/aromatic N) is 1. The summed E-state index contributed by atoms with van der Waals surface area (Å²) in [5, 5.41) is 0.00825. The Morgan fingerprint density at radius 3 is 2.46 bits per heavy atom. The summed E-state index contributed by atoms with van der Waals surface area (Å²) < 4.78 is 11.9. The number of benzene rings is 2. The van der Waals surface area contributed by atoms with Crippen molar-refractivity contribution < 1.29 is 14.3 Å². The van der Waals surface area contributed by atoms with E-state index in [2.05, 4.69) is 13.0 Å². The Morgan fingerprint density at radius 2 is 1.85 bits per heavy atom. The largest absolute Gasteiger partial charge is 0.493 e. The van der Waals surface area contributed by atoms with Crippen LogP contribution in [0.3, 0.4) is 0 Å². The molecule has 0 aromatic heterocycles. The van der Waals surface area contributed by atoms with E-state index < -0.39 is 0 Å². The van der Waals surface area contributed by atoms with Gasteiger partial charge in [0.25, 0.3) is 5.24 Å². The van der Waals surface area contributed by atoms with Crippen molar-refractivity contribution in [3.05, 3.63) is 53.1 Å². The highest BCUT2D eigenvalue weighted by Crippen LogP contribution is 2.33. The molecule has 0 bridgehead atoms. The van der Waals surface area contributed by atoms with Crippen molar-refractivity contribution in [1.29, 1.82) is 0 Å². The number of hydrogen-bond acceptors (Lipinski definition) is 4. The first kappa shape index (κ1) is 20.2. The number of carbonyl (C=O) groups is 1. The summed E-state index contributed by atoms with van der Waals surface area (Å²) in [6.07, 6.45) is 1.79. The summed E-state index contributed by atoms with van der Waals surface area (Å²) in [4.78, 5) is 14.1. The summed E-state index contributed by atoms with van der Waals surface area (Å²) in [5.41, 5.74) is 4.02. The minimum absolute atomic E-state index is 0.00825. The topological polar surface area (TPSA) is 38.8 Å². The summed E-state index contributed by atoms with van der Waals surface area (Å²) in [6, 6.07) is 11.9. The van der Waals surface area contributed by atoms with Crippen molar-refractivity contribution in [3.8, 4) is 11.5 Å². The lowest BCUT2D eigenvalue weighted by molar-refractivity contribution is 0.264. The van der Waals surface area contributed by atoms with Crippen LogP contribution in [0.15, 0.2) is 36.4 Å². The van der Waals surface area contributed by atoms with E-state index in [9.17, 15) is 4.79 Å². The van der Waals surface area contributed by atoms with E-state index >= 15 is 0 Å². The minimum atomic E-state index is 0.00825. The summed E-state index contributed by atoms with van der Waals surface area (Å²) in [5.74, 6) is 1.59. The molecule has 0 radical (unpaired) electrons. The highest BCUT2D eigenvalue weighted by Gasteiger charge is 2.20. The van der Waals surface area contributed by atoms with Crippen molar-refractivity contribution in [2.24, 2.45) is 0 Å². The minimum Gasteiger partial charge on any atom is -0.493 e. The summed E-state index contributed by atoms with van der Waals surface area (Å²) in [6.45, 7) is 9.50. The standard InChI is InChI=1S/C21H27NO3S/c1-6-22(21(23)26-5)18-9-8-10-20(24-7-2)17(18)14-25-19-12-11-15(3)13-16(19)4/h8-13H,6-7,14H2,1-5H3. The van der Waals surface area contributed by atoms with E-state index in [0.29, 0.717) is 19.8 Å². The lowest BCUT2D eigenvalue weighted by Crippen LogP contribution is -2.28. The van der Waals surface area contributed by atoms with Crippen molar-refractivity contribution in [2.75, 3.05) is 24.3 Å². The number of ether oxygens (including phenoxy) is 2. The van der Waals surface area contributed by atoms with Crippen molar-refractivity contribution >= 4 is 22.7 Å². The maximum atomic E-state index is 12.3. The number of thioether (sulfide) groups is 1. The number of carbonyl (C=O) groups excluding carboxylic acids is 1. The molecule has 2 aromatic rings. The fourth-order valence-corrected chi connectivity index (χ4v) is 3.31. The summed E-state index contributed by atoms with van der Waals surface area (Å²) >= 11 is 1.20. The molecular weight excluding hydrogens is 346 g/mol. The van der Waals surface area contributed by atoms with Gasteiger partial charge in [-0.25, -0.2) is 0 Å².